The van der Waals surface area contributed by atoms with Crippen LogP contribution in [0.4, 0.5) is 0 Å². The van der Waals surface area contributed by atoms with Crippen molar-refractivity contribution < 1.29 is 14.9 Å². The Morgan fingerprint density at radius 2 is 2.05 bits per heavy atom. The first-order chi connectivity index (χ1) is 10.7. The number of aliphatic hydroxyl groups is 2. The summed E-state index contributed by atoms with van der Waals surface area (Å²) in [5.41, 5.74) is 1.05. The SMILES string of the molecule is OCC[C@H]1CCCCN1C[C@H](O)COCc1ccc(Cl)cc1. The normalized spacial score (nSPS) is 21.0. The van der Waals surface area contributed by atoms with Crippen LogP contribution in [0.25, 0.3) is 0 Å². The third-order valence-electron chi connectivity index (χ3n) is 4.15. The molecule has 1 aliphatic heterocycles. The van der Waals surface area contributed by atoms with E-state index >= 15 is 0 Å². The molecule has 1 heterocycles. The minimum absolute atomic E-state index is 0.213. The Morgan fingerprint density at radius 3 is 2.77 bits per heavy atom. The Balaban J connectivity index is 1.70. The van der Waals surface area contributed by atoms with Crippen molar-refractivity contribution in [3.63, 3.8) is 0 Å². The van der Waals surface area contributed by atoms with E-state index in [1.807, 2.05) is 24.3 Å². The van der Waals surface area contributed by atoms with Crippen LogP contribution in [-0.4, -0.2) is 53.6 Å². The molecule has 1 aromatic rings. The third kappa shape index (κ3) is 5.86. The van der Waals surface area contributed by atoms with Crippen LogP contribution in [-0.2, 0) is 11.3 Å². The van der Waals surface area contributed by atoms with E-state index in [1.165, 1.54) is 12.8 Å². The van der Waals surface area contributed by atoms with Crippen molar-refractivity contribution >= 4 is 11.6 Å². The smallest absolute Gasteiger partial charge is 0.0900 e. The lowest BCUT2D eigenvalue weighted by Gasteiger charge is -2.36. The summed E-state index contributed by atoms with van der Waals surface area (Å²) >= 11 is 5.84. The molecule has 0 bridgehead atoms. The second-order valence-electron chi connectivity index (χ2n) is 5.95. The molecule has 0 spiro atoms. The number of rotatable bonds is 8. The van der Waals surface area contributed by atoms with Crippen molar-refractivity contribution in [3.05, 3.63) is 34.9 Å². The number of nitrogens with zero attached hydrogens (tertiary/aromatic N) is 1. The average molecular weight is 328 g/mol. The van der Waals surface area contributed by atoms with Gasteiger partial charge in [0.15, 0.2) is 0 Å². The molecule has 0 radical (unpaired) electrons. The number of hydrogen-bond donors (Lipinski definition) is 2. The van der Waals surface area contributed by atoms with Gasteiger partial charge < -0.3 is 14.9 Å². The maximum Gasteiger partial charge on any atom is 0.0900 e. The average Bonchev–Trinajstić information content (AvgIpc) is 2.51. The fourth-order valence-corrected chi connectivity index (χ4v) is 3.12. The van der Waals surface area contributed by atoms with Gasteiger partial charge in [-0.3, -0.25) is 4.90 Å². The Labute approximate surface area is 137 Å². The standard InChI is InChI=1S/C17H26ClNO3/c18-15-6-4-14(5-7-15)12-22-13-17(21)11-19-9-2-1-3-16(19)8-10-20/h4-7,16-17,20-21H,1-3,8-13H2/t16-,17+/m1/s1. The maximum atomic E-state index is 10.2. The zero-order valence-corrected chi connectivity index (χ0v) is 13.7. The highest BCUT2D eigenvalue weighted by atomic mass is 35.5. The van der Waals surface area contributed by atoms with Gasteiger partial charge in [0.2, 0.25) is 0 Å². The number of benzene rings is 1. The molecule has 0 unspecified atom stereocenters. The van der Waals surface area contributed by atoms with Gasteiger partial charge in [-0.05, 0) is 43.5 Å². The van der Waals surface area contributed by atoms with Gasteiger partial charge in [0, 0.05) is 24.2 Å². The first-order valence-corrected chi connectivity index (χ1v) is 8.42. The second-order valence-corrected chi connectivity index (χ2v) is 6.39. The van der Waals surface area contributed by atoms with E-state index in [9.17, 15) is 5.11 Å². The molecule has 1 aromatic carbocycles. The molecule has 0 amide bonds. The van der Waals surface area contributed by atoms with Crippen molar-refractivity contribution in [2.24, 2.45) is 0 Å². The first kappa shape index (κ1) is 17.7. The zero-order valence-electron chi connectivity index (χ0n) is 13.0. The molecule has 1 fully saturated rings. The Kier molecular flexibility index (Phi) is 7.63. The van der Waals surface area contributed by atoms with Crippen LogP contribution in [0.5, 0.6) is 0 Å². The molecule has 1 aliphatic rings. The first-order valence-electron chi connectivity index (χ1n) is 8.04. The topological polar surface area (TPSA) is 52.9 Å². The summed E-state index contributed by atoms with van der Waals surface area (Å²) in [7, 11) is 0. The van der Waals surface area contributed by atoms with Crippen molar-refractivity contribution in [3.8, 4) is 0 Å². The van der Waals surface area contributed by atoms with Gasteiger partial charge in [0.25, 0.3) is 0 Å². The number of β-amino-alcohol motifs (C(OH)–C–C–N with tert-alkyl or cyclic N) is 1. The van der Waals surface area contributed by atoms with E-state index in [0.29, 0.717) is 30.8 Å². The summed E-state index contributed by atoms with van der Waals surface area (Å²) in [6.45, 7) is 2.63. The van der Waals surface area contributed by atoms with E-state index in [4.69, 9.17) is 21.4 Å². The van der Waals surface area contributed by atoms with Crippen molar-refractivity contribution in [2.45, 2.75) is 44.4 Å². The zero-order chi connectivity index (χ0) is 15.8. The maximum absolute atomic E-state index is 10.2. The van der Waals surface area contributed by atoms with E-state index in [0.717, 1.165) is 24.9 Å². The van der Waals surface area contributed by atoms with Crippen molar-refractivity contribution in [1.82, 2.24) is 4.90 Å². The highest BCUT2D eigenvalue weighted by Gasteiger charge is 2.23. The predicted molar refractivity (Wildman–Crippen MR) is 88.0 cm³/mol. The minimum Gasteiger partial charge on any atom is -0.396 e. The number of halogens is 1. The van der Waals surface area contributed by atoms with E-state index < -0.39 is 6.10 Å². The summed E-state index contributed by atoms with van der Waals surface area (Å²) in [6, 6.07) is 7.92. The van der Waals surface area contributed by atoms with Gasteiger partial charge in [0.05, 0.1) is 19.3 Å². The number of hydrogen-bond acceptors (Lipinski definition) is 4. The van der Waals surface area contributed by atoms with Crippen molar-refractivity contribution in [2.75, 3.05) is 26.3 Å². The molecule has 0 aromatic heterocycles. The van der Waals surface area contributed by atoms with Crippen molar-refractivity contribution in [1.29, 1.82) is 0 Å². The van der Waals surface area contributed by atoms with Gasteiger partial charge >= 0.3 is 0 Å². The Hall–Kier alpha value is -0.650. The molecule has 2 N–H and O–H groups in total. The molecule has 2 atom stereocenters. The lowest BCUT2D eigenvalue weighted by atomic mass is 9.99. The summed E-state index contributed by atoms with van der Waals surface area (Å²) in [5, 5.41) is 20.0. The summed E-state index contributed by atoms with van der Waals surface area (Å²) in [6.07, 6.45) is 3.79. The molecular weight excluding hydrogens is 302 g/mol. The van der Waals surface area contributed by atoms with Crippen LogP contribution in [0.1, 0.15) is 31.2 Å². The lowest BCUT2D eigenvalue weighted by molar-refractivity contribution is -0.00605. The predicted octanol–water partition coefficient (Wildman–Crippen LogP) is 2.45. The molecular formula is C17H26ClNO3. The number of ether oxygens (including phenoxy) is 1. The molecule has 0 aliphatic carbocycles. The largest absolute Gasteiger partial charge is 0.396 e. The van der Waals surface area contributed by atoms with Crippen LogP contribution in [0, 0.1) is 0 Å². The Bertz CT molecular complexity index is 424. The fourth-order valence-electron chi connectivity index (χ4n) is 2.99. The van der Waals surface area contributed by atoms with E-state index in [-0.39, 0.29) is 6.61 Å². The van der Waals surface area contributed by atoms with E-state index in [1.54, 1.807) is 0 Å². The molecule has 1 saturated heterocycles. The second kappa shape index (κ2) is 9.48. The summed E-state index contributed by atoms with van der Waals surface area (Å²) in [4.78, 5) is 2.29. The van der Waals surface area contributed by atoms with Crippen LogP contribution in [0.15, 0.2) is 24.3 Å². The van der Waals surface area contributed by atoms with E-state index in [2.05, 4.69) is 4.90 Å². The summed E-state index contributed by atoms with van der Waals surface area (Å²) in [5.74, 6) is 0. The Morgan fingerprint density at radius 1 is 1.27 bits per heavy atom. The lowest BCUT2D eigenvalue weighted by Crippen LogP contribution is -2.45. The minimum atomic E-state index is -0.494. The van der Waals surface area contributed by atoms with Gasteiger partial charge in [-0.2, -0.15) is 0 Å². The highest BCUT2D eigenvalue weighted by molar-refractivity contribution is 6.30. The van der Waals surface area contributed by atoms with Crippen LogP contribution < -0.4 is 0 Å². The molecule has 22 heavy (non-hydrogen) atoms. The third-order valence-corrected chi connectivity index (χ3v) is 4.40. The number of piperidine rings is 1. The molecule has 4 nitrogen and oxygen atoms in total. The molecule has 5 heteroatoms. The van der Waals surface area contributed by atoms with Gasteiger partial charge in [-0.1, -0.05) is 30.2 Å². The van der Waals surface area contributed by atoms with Gasteiger partial charge in [0.1, 0.15) is 0 Å². The fraction of sp³-hybridized carbons (Fsp3) is 0.647. The number of aliphatic hydroxyl groups excluding tert-OH is 2. The monoisotopic (exact) mass is 327 g/mol. The van der Waals surface area contributed by atoms with Gasteiger partial charge in [-0.15, -0.1) is 0 Å². The molecule has 124 valence electrons. The summed E-state index contributed by atoms with van der Waals surface area (Å²) < 4.78 is 5.59. The molecule has 2 rings (SSSR count). The number of likely N-dealkylation sites (tertiary alicyclic amines) is 1. The highest BCUT2D eigenvalue weighted by Crippen LogP contribution is 2.19. The van der Waals surface area contributed by atoms with Crippen LogP contribution in [0.3, 0.4) is 0 Å². The van der Waals surface area contributed by atoms with Crippen LogP contribution in [0.2, 0.25) is 5.02 Å². The molecule has 0 saturated carbocycles. The van der Waals surface area contributed by atoms with Crippen LogP contribution >= 0.6 is 11.6 Å². The van der Waals surface area contributed by atoms with Gasteiger partial charge in [-0.25, -0.2) is 0 Å². The quantitative estimate of drug-likeness (QED) is 0.770.